The third-order valence-electron chi connectivity index (χ3n) is 5.81. The number of rotatable bonds is 8. The summed E-state index contributed by atoms with van der Waals surface area (Å²) in [5.74, 6) is 0.156. The molecule has 2 aliphatic rings. The first-order chi connectivity index (χ1) is 15.7. The highest BCUT2D eigenvalue weighted by molar-refractivity contribution is 6.02. The fourth-order valence-corrected chi connectivity index (χ4v) is 3.97. The van der Waals surface area contributed by atoms with Gasteiger partial charge < -0.3 is 18.9 Å². The summed E-state index contributed by atoms with van der Waals surface area (Å²) >= 11 is 0. The number of Topliss-reactive ketones (excluding diaryl/α,β-unsaturated/α-hetero) is 1. The second kappa shape index (κ2) is 8.01. The Kier molecular flexibility index (Phi) is 4.47. The van der Waals surface area contributed by atoms with Gasteiger partial charge in [-0.3, -0.25) is 9.59 Å². The molecule has 158 valence electrons. The molecule has 6 heteroatoms. The van der Waals surface area contributed by atoms with Crippen molar-refractivity contribution in [1.29, 1.82) is 0 Å². The summed E-state index contributed by atoms with van der Waals surface area (Å²) < 4.78 is 44.5. The van der Waals surface area contributed by atoms with E-state index in [2.05, 4.69) is 0 Å². The van der Waals surface area contributed by atoms with Gasteiger partial charge in [-0.05, 0) is 49.4 Å². The second-order valence-corrected chi connectivity index (χ2v) is 7.62. The lowest BCUT2D eigenvalue weighted by Gasteiger charge is -2.21. The fourth-order valence-electron chi connectivity index (χ4n) is 3.97. The van der Waals surface area contributed by atoms with Gasteiger partial charge in [-0.25, -0.2) is 0 Å². The first-order valence-corrected chi connectivity index (χ1v) is 10.0. The van der Waals surface area contributed by atoms with Gasteiger partial charge in [0.2, 0.25) is 5.75 Å². The number of benzene rings is 2. The summed E-state index contributed by atoms with van der Waals surface area (Å²) in [6.07, 6.45) is 2.33. The number of carbonyl (C=O) groups excluding carboxylic acids is 2. The van der Waals surface area contributed by atoms with Gasteiger partial charge in [-0.1, -0.05) is 18.2 Å². The average Bonchev–Trinajstić information content (AvgIpc) is 3.47. The van der Waals surface area contributed by atoms with Crippen LogP contribution in [0.2, 0.25) is 0 Å². The monoisotopic (exact) mass is 413 g/mol. The highest BCUT2D eigenvalue weighted by atomic mass is 16.5. The van der Waals surface area contributed by atoms with E-state index in [1.54, 1.807) is 19.1 Å². The fraction of sp³-hybridized carbons (Fsp3) is 0.417. The summed E-state index contributed by atoms with van der Waals surface area (Å²) in [5.41, 5.74) is 2.29. The van der Waals surface area contributed by atoms with Crippen molar-refractivity contribution in [2.75, 3.05) is 27.4 Å². The van der Waals surface area contributed by atoms with Crippen LogP contribution in [0.4, 0.5) is 0 Å². The largest absolute Gasteiger partial charge is 0.493 e. The zero-order valence-corrected chi connectivity index (χ0v) is 17.1. The zero-order chi connectivity index (χ0) is 23.8. The standard InChI is InChI=1S/C24H26O6/c1-4-29-23(26)24(12-13-24)14-30-21-18(9-11-20(27-2)22(21)28-3)15-6-5-7-17-16(15)8-10-19(17)25/h5-7,9,11H,4,8,10,12-14H2,1-3H3/i2D3. The second-order valence-electron chi connectivity index (χ2n) is 7.62. The molecular formula is C24H26O6. The van der Waals surface area contributed by atoms with Gasteiger partial charge in [0.25, 0.3) is 0 Å². The van der Waals surface area contributed by atoms with E-state index in [0.29, 0.717) is 36.8 Å². The third-order valence-corrected chi connectivity index (χ3v) is 5.81. The Morgan fingerprint density at radius 1 is 1.07 bits per heavy atom. The van der Waals surface area contributed by atoms with Crippen LogP contribution >= 0.6 is 0 Å². The summed E-state index contributed by atoms with van der Waals surface area (Å²) in [5, 5.41) is 0. The van der Waals surface area contributed by atoms with Crippen LogP contribution in [-0.4, -0.2) is 39.1 Å². The van der Waals surface area contributed by atoms with Crippen molar-refractivity contribution in [3.8, 4) is 28.4 Å². The average molecular weight is 413 g/mol. The van der Waals surface area contributed by atoms with Crippen LogP contribution in [0.5, 0.6) is 17.2 Å². The number of hydrogen-bond acceptors (Lipinski definition) is 6. The Balaban J connectivity index is 1.79. The maximum atomic E-state index is 12.4. The van der Waals surface area contributed by atoms with Gasteiger partial charge in [0.15, 0.2) is 17.3 Å². The Morgan fingerprint density at radius 2 is 1.87 bits per heavy atom. The summed E-state index contributed by atoms with van der Waals surface area (Å²) in [7, 11) is -1.29. The van der Waals surface area contributed by atoms with Crippen molar-refractivity contribution in [3.05, 3.63) is 41.5 Å². The molecule has 30 heavy (non-hydrogen) atoms. The number of esters is 1. The minimum atomic E-state index is -2.69. The first kappa shape index (κ1) is 16.7. The molecule has 0 atom stereocenters. The van der Waals surface area contributed by atoms with Gasteiger partial charge in [0.1, 0.15) is 12.0 Å². The number of ketones is 1. The van der Waals surface area contributed by atoms with Crippen molar-refractivity contribution < 1.29 is 32.6 Å². The highest BCUT2D eigenvalue weighted by Gasteiger charge is 2.52. The van der Waals surface area contributed by atoms with Gasteiger partial charge in [-0.15, -0.1) is 0 Å². The third kappa shape index (κ3) is 3.40. The smallest absolute Gasteiger partial charge is 0.315 e. The Bertz CT molecular complexity index is 1090. The molecule has 1 saturated carbocycles. The molecule has 0 unspecified atom stereocenters. The van der Waals surface area contributed by atoms with E-state index < -0.39 is 12.5 Å². The molecule has 0 N–H and O–H groups in total. The molecule has 0 aliphatic heterocycles. The van der Waals surface area contributed by atoms with E-state index in [1.807, 2.05) is 12.1 Å². The normalized spacial score (nSPS) is 17.9. The molecule has 2 aromatic rings. The van der Waals surface area contributed by atoms with E-state index in [-0.39, 0.29) is 42.2 Å². The maximum absolute atomic E-state index is 12.4. The summed E-state index contributed by atoms with van der Waals surface area (Å²) in [6.45, 7) is 2.09. The molecule has 4 rings (SSSR count). The predicted octanol–water partition coefficient (Wildman–Crippen LogP) is 4.22. The van der Waals surface area contributed by atoms with Crippen molar-refractivity contribution >= 4 is 11.8 Å². The SMILES string of the molecule is [2H]C([2H])([2H])Oc1ccc(-c2cccc3c2CCC3=O)c(OCC2(C(=O)OCC)CC2)c1OC. The van der Waals surface area contributed by atoms with Crippen molar-refractivity contribution in [2.45, 2.75) is 32.6 Å². The van der Waals surface area contributed by atoms with Gasteiger partial charge in [0.05, 0.1) is 24.9 Å². The van der Waals surface area contributed by atoms with Crippen LogP contribution in [0.25, 0.3) is 11.1 Å². The molecule has 0 aromatic heterocycles. The summed E-state index contributed by atoms with van der Waals surface area (Å²) in [4.78, 5) is 24.7. The van der Waals surface area contributed by atoms with Crippen molar-refractivity contribution in [2.24, 2.45) is 5.41 Å². The van der Waals surface area contributed by atoms with E-state index in [4.69, 9.17) is 23.1 Å². The van der Waals surface area contributed by atoms with E-state index in [9.17, 15) is 9.59 Å². The van der Waals surface area contributed by atoms with Crippen LogP contribution in [0.15, 0.2) is 30.3 Å². The van der Waals surface area contributed by atoms with E-state index in [0.717, 1.165) is 11.1 Å². The lowest BCUT2D eigenvalue weighted by Crippen LogP contribution is -2.26. The minimum absolute atomic E-state index is 0.000819. The number of methoxy groups -OCH3 is 2. The maximum Gasteiger partial charge on any atom is 0.315 e. The molecule has 0 saturated heterocycles. The summed E-state index contributed by atoms with van der Waals surface area (Å²) in [6, 6.07) is 8.71. The quantitative estimate of drug-likeness (QED) is 0.604. The molecule has 6 nitrogen and oxygen atoms in total. The van der Waals surface area contributed by atoms with Gasteiger partial charge in [0, 0.05) is 17.5 Å². The predicted molar refractivity (Wildman–Crippen MR) is 111 cm³/mol. The van der Waals surface area contributed by atoms with Gasteiger partial charge >= 0.3 is 5.97 Å². The molecule has 1 fully saturated rings. The van der Waals surface area contributed by atoms with Crippen LogP contribution in [0.1, 0.15) is 46.2 Å². The Hall–Kier alpha value is -3.02. The molecule has 0 heterocycles. The molecule has 0 spiro atoms. The van der Waals surface area contributed by atoms with E-state index >= 15 is 0 Å². The molecule has 2 aliphatic carbocycles. The minimum Gasteiger partial charge on any atom is -0.493 e. The number of fused-ring (bicyclic) bond motifs is 1. The lowest BCUT2D eigenvalue weighted by molar-refractivity contribution is -0.150. The molecule has 0 radical (unpaired) electrons. The highest BCUT2D eigenvalue weighted by Crippen LogP contribution is 2.51. The van der Waals surface area contributed by atoms with Crippen LogP contribution in [0, 0.1) is 5.41 Å². The van der Waals surface area contributed by atoms with Crippen LogP contribution < -0.4 is 14.2 Å². The van der Waals surface area contributed by atoms with Crippen molar-refractivity contribution in [3.63, 3.8) is 0 Å². The van der Waals surface area contributed by atoms with Crippen LogP contribution in [-0.2, 0) is 16.0 Å². The Morgan fingerprint density at radius 3 is 2.57 bits per heavy atom. The van der Waals surface area contributed by atoms with Crippen LogP contribution in [0.3, 0.4) is 0 Å². The van der Waals surface area contributed by atoms with Gasteiger partial charge in [-0.2, -0.15) is 0 Å². The molecular weight excluding hydrogens is 384 g/mol. The molecule has 0 bridgehead atoms. The number of ether oxygens (including phenoxy) is 4. The first-order valence-electron chi connectivity index (χ1n) is 11.5. The van der Waals surface area contributed by atoms with E-state index in [1.165, 1.54) is 13.2 Å². The Labute approximate surface area is 180 Å². The number of carbonyl (C=O) groups is 2. The number of hydrogen-bond donors (Lipinski definition) is 0. The zero-order valence-electron chi connectivity index (χ0n) is 20.1. The molecule has 0 amide bonds. The molecule has 2 aromatic carbocycles. The van der Waals surface area contributed by atoms with Crippen molar-refractivity contribution in [1.82, 2.24) is 0 Å². The lowest BCUT2D eigenvalue weighted by atomic mass is 9.95. The topological polar surface area (TPSA) is 71.1 Å².